The fourth-order valence-electron chi connectivity index (χ4n) is 1.18. The maximum Gasteiger partial charge on any atom is 0.255 e. The van der Waals surface area contributed by atoms with Crippen LogP contribution in [0.5, 0.6) is 0 Å². The molecule has 0 radical (unpaired) electrons. The minimum absolute atomic E-state index is 0.0140. The molecule has 0 bridgehead atoms. The Kier molecular flexibility index (Phi) is 3.06. The number of hydrogen-bond acceptors (Lipinski definition) is 3. The van der Waals surface area contributed by atoms with E-state index < -0.39 is 0 Å². The van der Waals surface area contributed by atoms with E-state index in [1.807, 2.05) is 6.92 Å². The van der Waals surface area contributed by atoms with Crippen LogP contribution in [0.25, 0.3) is 0 Å². The molecule has 0 spiro atoms. The van der Waals surface area contributed by atoms with E-state index >= 15 is 0 Å². The molecular weight excluding hydrogens is 178 g/mol. The Morgan fingerprint density at radius 1 is 1.50 bits per heavy atom. The molecule has 1 amide bonds. The smallest absolute Gasteiger partial charge is 0.255 e. The first-order valence-electron chi connectivity index (χ1n) is 4.42. The lowest BCUT2D eigenvalue weighted by atomic mass is 10.2. The molecule has 1 rings (SSSR count). The largest absolute Gasteiger partial charge is 0.386 e. The molecule has 0 saturated carbocycles. The van der Waals surface area contributed by atoms with Crippen molar-refractivity contribution in [2.24, 2.45) is 0 Å². The predicted octanol–water partition coefficient (Wildman–Crippen LogP) is 1.13. The van der Waals surface area contributed by atoms with Crippen molar-refractivity contribution in [3.8, 4) is 0 Å². The molecule has 0 fully saturated rings. The first-order valence-corrected chi connectivity index (χ1v) is 4.42. The summed E-state index contributed by atoms with van der Waals surface area (Å²) in [6.07, 6.45) is 1.67. The van der Waals surface area contributed by atoms with Crippen LogP contribution in [0.15, 0.2) is 12.3 Å². The first kappa shape index (κ1) is 10.5. The molecule has 0 aliphatic rings. The fraction of sp³-hybridized carbons (Fsp3) is 0.400. The van der Waals surface area contributed by atoms with E-state index in [1.54, 1.807) is 38.3 Å². The van der Waals surface area contributed by atoms with Gasteiger partial charge in [0.1, 0.15) is 0 Å². The van der Waals surface area contributed by atoms with Crippen LogP contribution in [-0.2, 0) is 0 Å². The van der Waals surface area contributed by atoms with E-state index in [0.717, 1.165) is 11.4 Å². The molecule has 4 heteroatoms. The van der Waals surface area contributed by atoms with Crippen LogP contribution in [0.3, 0.4) is 0 Å². The molecule has 1 aromatic heterocycles. The predicted molar refractivity (Wildman–Crippen MR) is 56.5 cm³/mol. The standard InChI is InChI=1S/C10H15N3O/c1-7-5-8(10(14)13(3)4)9(11-2)6-12-7/h5-6,11H,1-4H3. The van der Waals surface area contributed by atoms with Crippen molar-refractivity contribution in [2.75, 3.05) is 26.5 Å². The van der Waals surface area contributed by atoms with Crippen LogP contribution in [0.4, 0.5) is 5.69 Å². The zero-order chi connectivity index (χ0) is 10.7. The maximum absolute atomic E-state index is 11.7. The molecule has 14 heavy (non-hydrogen) atoms. The summed E-state index contributed by atoms with van der Waals surface area (Å²) in [6.45, 7) is 1.87. The van der Waals surface area contributed by atoms with Gasteiger partial charge in [-0.25, -0.2) is 0 Å². The van der Waals surface area contributed by atoms with Crippen LogP contribution in [0.1, 0.15) is 16.1 Å². The number of hydrogen-bond donors (Lipinski definition) is 1. The minimum atomic E-state index is -0.0140. The van der Waals surface area contributed by atoms with Gasteiger partial charge in [0, 0.05) is 26.8 Å². The Morgan fingerprint density at radius 3 is 2.64 bits per heavy atom. The second-order valence-corrected chi connectivity index (χ2v) is 3.32. The van der Waals surface area contributed by atoms with E-state index in [-0.39, 0.29) is 5.91 Å². The number of amides is 1. The third-order valence-electron chi connectivity index (χ3n) is 1.95. The summed E-state index contributed by atoms with van der Waals surface area (Å²) in [6, 6.07) is 1.79. The van der Waals surface area contributed by atoms with Gasteiger partial charge in [-0.05, 0) is 13.0 Å². The molecule has 0 unspecified atom stereocenters. The zero-order valence-electron chi connectivity index (χ0n) is 8.96. The van der Waals surface area contributed by atoms with Gasteiger partial charge in [-0.3, -0.25) is 9.78 Å². The Bertz CT molecular complexity index is 347. The molecule has 1 heterocycles. The highest BCUT2D eigenvalue weighted by Crippen LogP contribution is 2.15. The lowest BCUT2D eigenvalue weighted by Gasteiger charge is -2.13. The second-order valence-electron chi connectivity index (χ2n) is 3.32. The highest BCUT2D eigenvalue weighted by Gasteiger charge is 2.12. The number of pyridine rings is 1. The van der Waals surface area contributed by atoms with Gasteiger partial charge >= 0.3 is 0 Å². The first-order chi connectivity index (χ1) is 6.56. The van der Waals surface area contributed by atoms with E-state index in [0.29, 0.717) is 5.56 Å². The van der Waals surface area contributed by atoms with E-state index in [1.165, 1.54) is 0 Å². The quantitative estimate of drug-likeness (QED) is 0.766. The molecule has 1 aromatic rings. The summed E-state index contributed by atoms with van der Waals surface area (Å²) < 4.78 is 0. The second kappa shape index (κ2) is 4.09. The lowest BCUT2D eigenvalue weighted by Crippen LogP contribution is -2.23. The molecule has 0 atom stereocenters. The maximum atomic E-state index is 11.7. The monoisotopic (exact) mass is 193 g/mol. The number of anilines is 1. The number of nitrogens with one attached hydrogen (secondary N) is 1. The van der Waals surface area contributed by atoms with E-state index in [9.17, 15) is 4.79 Å². The van der Waals surface area contributed by atoms with Crippen LogP contribution in [-0.4, -0.2) is 36.9 Å². The van der Waals surface area contributed by atoms with Crippen molar-refractivity contribution in [3.05, 3.63) is 23.5 Å². The summed E-state index contributed by atoms with van der Waals surface area (Å²) in [5, 5.41) is 2.95. The highest BCUT2D eigenvalue weighted by molar-refractivity contribution is 5.99. The van der Waals surface area contributed by atoms with Gasteiger partial charge in [-0.1, -0.05) is 0 Å². The van der Waals surface area contributed by atoms with Crippen LogP contribution < -0.4 is 5.32 Å². The third kappa shape index (κ3) is 2.02. The summed E-state index contributed by atoms with van der Waals surface area (Å²) >= 11 is 0. The van der Waals surface area contributed by atoms with Gasteiger partial charge in [-0.15, -0.1) is 0 Å². The fourth-order valence-corrected chi connectivity index (χ4v) is 1.18. The average molecular weight is 193 g/mol. The topological polar surface area (TPSA) is 45.2 Å². The number of rotatable bonds is 2. The Labute approximate surface area is 83.9 Å². The van der Waals surface area contributed by atoms with Gasteiger partial charge in [0.2, 0.25) is 0 Å². The molecular formula is C10H15N3O. The zero-order valence-corrected chi connectivity index (χ0v) is 8.96. The van der Waals surface area contributed by atoms with Gasteiger partial charge in [0.05, 0.1) is 17.4 Å². The average Bonchev–Trinajstić information content (AvgIpc) is 2.16. The minimum Gasteiger partial charge on any atom is -0.386 e. The van der Waals surface area contributed by atoms with Gasteiger partial charge in [0.25, 0.3) is 5.91 Å². The molecule has 1 N–H and O–H groups in total. The molecule has 0 aliphatic carbocycles. The van der Waals surface area contributed by atoms with Crippen molar-refractivity contribution in [1.29, 1.82) is 0 Å². The van der Waals surface area contributed by atoms with E-state index in [4.69, 9.17) is 0 Å². The summed E-state index contributed by atoms with van der Waals surface area (Å²) in [7, 11) is 5.24. The number of carbonyl (C=O) groups is 1. The van der Waals surface area contributed by atoms with Crippen molar-refractivity contribution in [3.63, 3.8) is 0 Å². The summed E-state index contributed by atoms with van der Waals surface area (Å²) in [5.41, 5.74) is 2.26. The van der Waals surface area contributed by atoms with Crippen molar-refractivity contribution < 1.29 is 4.79 Å². The Morgan fingerprint density at radius 2 is 2.14 bits per heavy atom. The van der Waals surface area contributed by atoms with Crippen molar-refractivity contribution in [1.82, 2.24) is 9.88 Å². The molecule has 0 aliphatic heterocycles. The normalized spacial score (nSPS) is 9.71. The number of nitrogens with zero attached hydrogens (tertiary/aromatic N) is 2. The van der Waals surface area contributed by atoms with Crippen molar-refractivity contribution in [2.45, 2.75) is 6.92 Å². The number of aromatic nitrogens is 1. The summed E-state index contributed by atoms with van der Waals surface area (Å²) in [5.74, 6) is -0.0140. The van der Waals surface area contributed by atoms with Gasteiger partial charge < -0.3 is 10.2 Å². The SMILES string of the molecule is CNc1cnc(C)cc1C(=O)N(C)C. The van der Waals surface area contributed by atoms with Gasteiger partial charge in [0.15, 0.2) is 0 Å². The Hall–Kier alpha value is -1.58. The molecule has 0 saturated heterocycles. The Balaban J connectivity index is 3.17. The molecule has 0 aromatic carbocycles. The summed E-state index contributed by atoms with van der Waals surface area (Å²) in [4.78, 5) is 17.4. The molecule has 4 nitrogen and oxygen atoms in total. The highest BCUT2D eigenvalue weighted by atomic mass is 16.2. The van der Waals surface area contributed by atoms with Crippen LogP contribution >= 0.6 is 0 Å². The third-order valence-corrected chi connectivity index (χ3v) is 1.95. The van der Waals surface area contributed by atoms with Gasteiger partial charge in [-0.2, -0.15) is 0 Å². The lowest BCUT2D eigenvalue weighted by molar-refractivity contribution is 0.0828. The van der Waals surface area contributed by atoms with Crippen LogP contribution in [0, 0.1) is 6.92 Å². The van der Waals surface area contributed by atoms with Crippen molar-refractivity contribution >= 4 is 11.6 Å². The van der Waals surface area contributed by atoms with E-state index in [2.05, 4.69) is 10.3 Å². The number of carbonyl (C=O) groups excluding carboxylic acids is 1. The molecule has 76 valence electrons. The number of aryl methyl sites for hydroxylation is 1. The van der Waals surface area contributed by atoms with Crippen LogP contribution in [0.2, 0.25) is 0 Å².